The third-order valence-electron chi connectivity index (χ3n) is 3.92. The van der Waals surface area contributed by atoms with E-state index in [4.69, 9.17) is 5.11 Å². The topological polar surface area (TPSA) is 72.8 Å². The minimum absolute atomic E-state index is 0.0773. The summed E-state index contributed by atoms with van der Waals surface area (Å²) in [7, 11) is 1.59. The number of hydrogen-bond donors (Lipinski definition) is 3. The number of amides is 2. The van der Waals surface area contributed by atoms with E-state index in [9.17, 15) is 9.90 Å². The van der Waals surface area contributed by atoms with Crippen LogP contribution in [-0.4, -0.2) is 47.4 Å². The van der Waals surface area contributed by atoms with Gasteiger partial charge in [-0.25, -0.2) is 4.79 Å². The van der Waals surface area contributed by atoms with E-state index in [0.29, 0.717) is 0 Å². The van der Waals surface area contributed by atoms with Gasteiger partial charge in [-0.1, -0.05) is 42.5 Å². The van der Waals surface area contributed by atoms with Gasteiger partial charge in [0.2, 0.25) is 0 Å². The van der Waals surface area contributed by atoms with Crippen LogP contribution in [0.5, 0.6) is 0 Å². The fraction of sp³-hybridized carbons (Fsp3) is 0.389. The highest BCUT2D eigenvalue weighted by molar-refractivity contribution is 5.87. The zero-order valence-electron chi connectivity index (χ0n) is 13.8. The van der Waals surface area contributed by atoms with Gasteiger partial charge in [-0.15, -0.1) is 0 Å². The van der Waals surface area contributed by atoms with Crippen LogP contribution >= 0.6 is 0 Å². The van der Waals surface area contributed by atoms with Crippen LogP contribution in [-0.2, 0) is 5.54 Å². The molecule has 0 bridgehead atoms. The number of fused-ring (bicyclic) bond motifs is 1. The molecule has 2 amide bonds. The number of nitrogens with zero attached hydrogens (tertiary/aromatic N) is 1. The number of urea groups is 1. The molecule has 2 aromatic rings. The van der Waals surface area contributed by atoms with Crippen molar-refractivity contribution in [3.8, 4) is 0 Å². The second-order valence-corrected chi connectivity index (χ2v) is 6.30. The summed E-state index contributed by atoms with van der Waals surface area (Å²) in [5.41, 5.74) is 0.455. The van der Waals surface area contributed by atoms with Gasteiger partial charge in [-0.2, -0.15) is 0 Å². The Kier molecular flexibility index (Phi) is 5.23. The Morgan fingerprint density at radius 1 is 1.22 bits per heavy atom. The molecule has 0 aliphatic rings. The van der Waals surface area contributed by atoms with Crippen molar-refractivity contribution in [2.75, 3.05) is 20.2 Å². The third-order valence-corrected chi connectivity index (χ3v) is 3.92. The lowest BCUT2D eigenvalue weighted by Gasteiger charge is -2.31. The Morgan fingerprint density at radius 3 is 2.57 bits per heavy atom. The molecule has 2 rings (SSSR count). The van der Waals surface area contributed by atoms with Gasteiger partial charge in [0.25, 0.3) is 0 Å². The predicted octanol–water partition coefficient (Wildman–Crippen LogP) is 2.07. The molecule has 0 radical (unpaired) electrons. The largest absolute Gasteiger partial charge is 0.394 e. The molecular formula is C18H24N2O3. The number of likely N-dealkylation sites (N-methyl/N-ethyl adjacent to an activating group) is 1. The van der Waals surface area contributed by atoms with Crippen molar-refractivity contribution in [2.45, 2.75) is 25.5 Å². The molecule has 3 N–H and O–H groups in total. The summed E-state index contributed by atoms with van der Waals surface area (Å²) in [6.07, 6.45) is -0.939. The summed E-state index contributed by atoms with van der Waals surface area (Å²) in [6.45, 7) is 3.60. The quantitative estimate of drug-likeness (QED) is 0.790. The molecule has 0 spiro atoms. The Labute approximate surface area is 136 Å². The van der Waals surface area contributed by atoms with E-state index >= 15 is 0 Å². The lowest BCUT2D eigenvalue weighted by molar-refractivity contribution is 0.0722. The highest BCUT2D eigenvalue weighted by Crippen LogP contribution is 2.28. The first-order chi connectivity index (χ1) is 10.8. The molecule has 0 aromatic heterocycles. The molecule has 0 saturated heterocycles. The number of benzene rings is 2. The van der Waals surface area contributed by atoms with Crippen molar-refractivity contribution in [3.05, 3.63) is 48.0 Å². The van der Waals surface area contributed by atoms with Gasteiger partial charge < -0.3 is 20.4 Å². The van der Waals surface area contributed by atoms with Crippen molar-refractivity contribution in [1.29, 1.82) is 0 Å². The molecule has 23 heavy (non-hydrogen) atoms. The van der Waals surface area contributed by atoms with Crippen LogP contribution in [0.4, 0.5) is 4.79 Å². The first-order valence-corrected chi connectivity index (χ1v) is 7.65. The standard InChI is InChI=1S/C18H24N2O3/c1-18(2,19-17(23)20(3)11-14(22)12-21)16-10-6-8-13-7-4-5-9-15(13)16/h4-10,14,21-22H,11-12H2,1-3H3,(H,19,23). The number of rotatable bonds is 5. The van der Waals surface area contributed by atoms with Gasteiger partial charge in [-0.3, -0.25) is 0 Å². The minimum Gasteiger partial charge on any atom is -0.394 e. The van der Waals surface area contributed by atoms with Gasteiger partial charge >= 0.3 is 6.03 Å². The monoisotopic (exact) mass is 316 g/mol. The van der Waals surface area contributed by atoms with Crippen LogP contribution < -0.4 is 5.32 Å². The lowest BCUT2D eigenvalue weighted by Crippen LogP contribution is -2.49. The van der Waals surface area contributed by atoms with Gasteiger partial charge in [0.15, 0.2) is 0 Å². The summed E-state index contributed by atoms with van der Waals surface area (Å²) in [4.78, 5) is 13.7. The van der Waals surface area contributed by atoms with E-state index in [0.717, 1.165) is 16.3 Å². The number of nitrogens with one attached hydrogen (secondary N) is 1. The van der Waals surface area contributed by atoms with Crippen molar-refractivity contribution >= 4 is 16.8 Å². The average molecular weight is 316 g/mol. The number of hydrogen-bond acceptors (Lipinski definition) is 3. The van der Waals surface area contributed by atoms with Crippen molar-refractivity contribution in [3.63, 3.8) is 0 Å². The average Bonchev–Trinajstić information content (AvgIpc) is 2.53. The Bertz CT molecular complexity index is 680. The molecule has 0 saturated carbocycles. The Morgan fingerprint density at radius 2 is 1.87 bits per heavy atom. The van der Waals surface area contributed by atoms with Gasteiger partial charge in [0, 0.05) is 7.05 Å². The van der Waals surface area contributed by atoms with Crippen molar-refractivity contribution < 1.29 is 15.0 Å². The van der Waals surface area contributed by atoms with E-state index in [1.165, 1.54) is 4.90 Å². The number of aliphatic hydroxyl groups is 2. The number of aliphatic hydroxyl groups excluding tert-OH is 2. The van der Waals surface area contributed by atoms with Crippen LogP contribution in [0, 0.1) is 0 Å². The van der Waals surface area contributed by atoms with Crippen LogP contribution in [0.2, 0.25) is 0 Å². The van der Waals surface area contributed by atoms with E-state index in [1.807, 2.05) is 56.3 Å². The first-order valence-electron chi connectivity index (χ1n) is 7.65. The molecule has 1 atom stereocenters. The van der Waals surface area contributed by atoms with Crippen LogP contribution in [0.25, 0.3) is 10.8 Å². The second-order valence-electron chi connectivity index (χ2n) is 6.30. The van der Waals surface area contributed by atoms with Crippen LogP contribution in [0.1, 0.15) is 19.4 Å². The minimum atomic E-state index is -0.939. The molecule has 5 heteroatoms. The first kappa shape index (κ1) is 17.2. The molecule has 0 heterocycles. The lowest BCUT2D eigenvalue weighted by atomic mass is 9.89. The Balaban J connectivity index is 2.22. The van der Waals surface area contributed by atoms with Gasteiger partial charge in [0.1, 0.15) is 0 Å². The molecule has 124 valence electrons. The summed E-state index contributed by atoms with van der Waals surface area (Å²) in [5, 5.41) is 23.6. The summed E-state index contributed by atoms with van der Waals surface area (Å²) < 4.78 is 0. The van der Waals surface area contributed by atoms with E-state index in [-0.39, 0.29) is 19.2 Å². The van der Waals surface area contributed by atoms with Crippen LogP contribution in [0.3, 0.4) is 0 Å². The maximum absolute atomic E-state index is 12.3. The molecule has 5 nitrogen and oxygen atoms in total. The van der Waals surface area contributed by atoms with Crippen LogP contribution in [0.15, 0.2) is 42.5 Å². The summed E-state index contributed by atoms with van der Waals surface area (Å²) in [6, 6.07) is 13.8. The zero-order chi connectivity index (χ0) is 17.0. The van der Waals surface area contributed by atoms with E-state index in [2.05, 4.69) is 5.32 Å². The van der Waals surface area contributed by atoms with E-state index in [1.54, 1.807) is 7.05 Å². The fourth-order valence-corrected chi connectivity index (χ4v) is 2.66. The molecule has 0 aliphatic heterocycles. The maximum atomic E-state index is 12.3. The highest BCUT2D eigenvalue weighted by Gasteiger charge is 2.26. The number of carbonyl (C=O) groups is 1. The predicted molar refractivity (Wildman–Crippen MR) is 91.2 cm³/mol. The third kappa shape index (κ3) is 4.00. The summed E-state index contributed by atoms with van der Waals surface area (Å²) in [5.74, 6) is 0. The smallest absolute Gasteiger partial charge is 0.317 e. The molecule has 2 aromatic carbocycles. The normalized spacial score (nSPS) is 12.9. The molecule has 1 unspecified atom stereocenters. The second kappa shape index (κ2) is 6.98. The number of carbonyl (C=O) groups excluding carboxylic acids is 1. The SMILES string of the molecule is CN(CC(O)CO)C(=O)NC(C)(C)c1cccc2ccccc12. The summed E-state index contributed by atoms with van der Waals surface area (Å²) >= 11 is 0. The van der Waals surface area contributed by atoms with Crippen molar-refractivity contribution in [1.82, 2.24) is 10.2 Å². The van der Waals surface area contributed by atoms with E-state index < -0.39 is 11.6 Å². The Hall–Kier alpha value is -2.11. The maximum Gasteiger partial charge on any atom is 0.317 e. The fourth-order valence-electron chi connectivity index (χ4n) is 2.66. The zero-order valence-corrected chi connectivity index (χ0v) is 13.8. The van der Waals surface area contributed by atoms with Gasteiger partial charge in [-0.05, 0) is 30.2 Å². The van der Waals surface area contributed by atoms with Crippen molar-refractivity contribution in [2.24, 2.45) is 0 Å². The molecule has 0 aliphatic carbocycles. The highest BCUT2D eigenvalue weighted by atomic mass is 16.3. The van der Waals surface area contributed by atoms with Gasteiger partial charge in [0.05, 0.1) is 24.8 Å². The molecular weight excluding hydrogens is 292 g/mol. The molecule has 0 fully saturated rings.